The lowest BCUT2D eigenvalue weighted by molar-refractivity contribution is -0.114. The van der Waals surface area contributed by atoms with Gasteiger partial charge < -0.3 is 10.6 Å². The number of nitrogens with one attached hydrogen (secondary N) is 2. The number of carbonyl (C=O) groups is 1. The van der Waals surface area contributed by atoms with Gasteiger partial charge in [-0.1, -0.05) is 42.0 Å². The minimum atomic E-state index is -0.0836. The van der Waals surface area contributed by atoms with Gasteiger partial charge in [0, 0.05) is 18.3 Å². The van der Waals surface area contributed by atoms with Gasteiger partial charge in [0.05, 0.1) is 0 Å². The van der Waals surface area contributed by atoms with Gasteiger partial charge in [-0.3, -0.25) is 4.79 Å². The van der Waals surface area contributed by atoms with Crippen LogP contribution in [-0.2, 0) is 4.79 Å². The number of rotatable bonds is 3. The Hall–Kier alpha value is -3.41. The second-order valence-electron chi connectivity index (χ2n) is 6.35. The van der Waals surface area contributed by atoms with Crippen molar-refractivity contribution in [1.29, 1.82) is 0 Å². The molecule has 6 nitrogen and oxygen atoms in total. The maximum Gasteiger partial charge on any atom is 0.226 e. The van der Waals surface area contributed by atoms with Crippen LogP contribution < -0.4 is 10.6 Å². The van der Waals surface area contributed by atoms with Crippen molar-refractivity contribution in [2.45, 2.75) is 19.9 Å². The van der Waals surface area contributed by atoms with Crippen molar-refractivity contribution in [2.24, 2.45) is 0 Å². The van der Waals surface area contributed by atoms with Crippen LogP contribution in [-0.4, -0.2) is 20.7 Å². The zero-order valence-corrected chi connectivity index (χ0v) is 14.6. The molecule has 130 valence electrons. The average Bonchev–Trinajstić information content (AvgIpc) is 3.10. The van der Waals surface area contributed by atoms with Crippen LogP contribution in [0.25, 0.3) is 5.70 Å². The SMILES string of the molecule is CC(=O)Nc1ccc(C2C=C(c3ccc(C)cc3)Nc3ncnn32)cc1. The molecule has 0 bridgehead atoms. The van der Waals surface area contributed by atoms with Gasteiger partial charge in [-0.2, -0.15) is 10.1 Å². The highest BCUT2D eigenvalue weighted by Gasteiger charge is 2.23. The predicted octanol–water partition coefficient (Wildman–Crippen LogP) is 3.60. The Morgan fingerprint density at radius 3 is 2.54 bits per heavy atom. The number of carbonyl (C=O) groups excluding carboxylic acids is 1. The fourth-order valence-corrected chi connectivity index (χ4v) is 3.04. The minimum absolute atomic E-state index is 0.0727. The van der Waals surface area contributed by atoms with Crippen molar-refractivity contribution in [3.05, 3.63) is 77.6 Å². The first-order chi connectivity index (χ1) is 12.6. The highest BCUT2D eigenvalue weighted by molar-refractivity contribution is 5.88. The summed E-state index contributed by atoms with van der Waals surface area (Å²) in [7, 11) is 0. The van der Waals surface area contributed by atoms with E-state index in [0.717, 1.165) is 22.5 Å². The molecule has 4 rings (SSSR count). The maximum absolute atomic E-state index is 11.2. The third kappa shape index (κ3) is 3.09. The van der Waals surface area contributed by atoms with E-state index in [1.807, 2.05) is 28.9 Å². The van der Waals surface area contributed by atoms with Crippen LogP contribution in [0.15, 0.2) is 60.9 Å². The number of fused-ring (bicyclic) bond motifs is 1. The van der Waals surface area contributed by atoms with Crippen molar-refractivity contribution < 1.29 is 4.79 Å². The van der Waals surface area contributed by atoms with E-state index in [0.29, 0.717) is 5.95 Å². The van der Waals surface area contributed by atoms with Gasteiger partial charge in [-0.15, -0.1) is 0 Å². The van der Waals surface area contributed by atoms with E-state index in [1.54, 1.807) is 6.33 Å². The monoisotopic (exact) mass is 345 g/mol. The summed E-state index contributed by atoms with van der Waals surface area (Å²) in [5.74, 6) is 0.624. The van der Waals surface area contributed by atoms with Gasteiger partial charge in [0.1, 0.15) is 12.4 Å². The molecule has 1 amide bonds. The number of hydrogen-bond acceptors (Lipinski definition) is 4. The molecule has 0 fully saturated rings. The number of allylic oxidation sites excluding steroid dienone is 1. The van der Waals surface area contributed by atoms with Crippen LogP contribution in [0.2, 0.25) is 0 Å². The number of anilines is 2. The molecule has 6 heteroatoms. The van der Waals surface area contributed by atoms with E-state index in [1.165, 1.54) is 12.5 Å². The maximum atomic E-state index is 11.2. The fourth-order valence-electron chi connectivity index (χ4n) is 3.04. The number of amides is 1. The van der Waals surface area contributed by atoms with Crippen molar-refractivity contribution in [2.75, 3.05) is 10.6 Å². The van der Waals surface area contributed by atoms with Crippen molar-refractivity contribution in [1.82, 2.24) is 14.8 Å². The second-order valence-corrected chi connectivity index (χ2v) is 6.35. The van der Waals surface area contributed by atoms with Gasteiger partial charge >= 0.3 is 0 Å². The first-order valence-corrected chi connectivity index (χ1v) is 8.43. The lowest BCUT2D eigenvalue weighted by Gasteiger charge is -2.24. The fraction of sp³-hybridized carbons (Fsp3) is 0.150. The van der Waals surface area contributed by atoms with E-state index < -0.39 is 0 Å². The molecule has 0 saturated carbocycles. The topological polar surface area (TPSA) is 71.8 Å². The molecule has 1 aliphatic rings. The first kappa shape index (κ1) is 16.1. The molecular formula is C20H19N5O. The van der Waals surface area contributed by atoms with E-state index in [2.05, 4.69) is 58.0 Å². The van der Waals surface area contributed by atoms with E-state index in [9.17, 15) is 4.79 Å². The van der Waals surface area contributed by atoms with Crippen LogP contribution in [0.5, 0.6) is 0 Å². The van der Waals surface area contributed by atoms with Gasteiger partial charge in [0.2, 0.25) is 11.9 Å². The summed E-state index contributed by atoms with van der Waals surface area (Å²) in [5, 5.41) is 10.5. The van der Waals surface area contributed by atoms with Crippen molar-refractivity contribution in [3.63, 3.8) is 0 Å². The molecule has 1 aromatic heterocycles. The normalized spacial score (nSPS) is 15.6. The summed E-state index contributed by atoms with van der Waals surface area (Å²) in [6, 6.07) is 16.1. The van der Waals surface area contributed by atoms with Gasteiger partial charge in [-0.05, 0) is 36.3 Å². The highest BCUT2D eigenvalue weighted by Crippen LogP contribution is 2.32. The molecule has 0 aliphatic carbocycles. The van der Waals surface area contributed by atoms with Crippen LogP contribution in [0.3, 0.4) is 0 Å². The molecule has 0 saturated heterocycles. The Morgan fingerprint density at radius 2 is 1.85 bits per heavy atom. The third-order valence-corrected chi connectivity index (χ3v) is 4.34. The van der Waals surface area contributed by atoms with Crippen LogP contribution in [0.1, 0.15) is 29.7 Å². The summed E-state index contributed by atoms with van der Waals surface area (Å²) in [5.41, 5.74) is 5.17. The number of nitrogens with zero attached hydrogens (tertiary/aromatic N) is 3. The van der Waals surface area contributed by atoms with E-state index in [-0.39, 0.29) is 11.9 Å². The van der Waals surface area contributed by atoms with Crippen LogP contribution >= 0.6 is 0 Å². The first-order valence-electron chi connectivity index (χ1n) is 8.43. The molecule has 1 unspecified atom stereocenters. The molecule has 26 heavy (non-hydrogen) atoms. The minimum Gasteiger partial charge on any atom is -0.326 e. The molecule has 1 aliphatic heterocycles. The molecule has 2 aromatic carbocycles. The molecule has 2 heterocycles. The third-order valence-electron chi connectivity index (χ3n) is 4.34. The molecule has 0 spiro atoms. The number of hydrogen-bond donors (Lipinski definition) is 2. The van der Waals surface area contributed by atoms with Gasteiger partial charge in [0.25, 0.3) is 0 Å². The van der Waals surface area contributed by atoms with E-state index >= 15 is 0 Å². The average molecular weight is 345 g/mol. The molecule has 1 atom stereocenters. The Labute approximate surface area is 151 Å². The Balaban J connectivity index is 1.71. The van der Waals surface area contributed by atoms with Crippen molar-refractivity contribution >= 4 is 23.2 Å². The molecular weight excluding hydrogens is 326 g/mol. The summed E-state index contributed by atoms with van der Waals surface area (Å²) in [4.78, 5) is 15.5. The zero-order valence-electron chi connectivity index (χ0n) is 14.6. The molecule has 2 N–H and O–H groups in total. The smallest absolute Gasteiger partial charge is 0.226 e. The Kier molecular flexibility index (Phi) is 4.01. The summed E-state index contributed by atoms with van der Waals surface area (Å²) < 4.78 is 1.85. The second kappa shape index (κ2) is 6.48. The quantitative estimate of drug-likeness (QED) is 0.761. The lowest BCUT2D eigenvalue weighted by atomic mass is 10.0. The summed E-state index contributed by atoms with van der Waals surface area (Å²) >= 11 is 0. The largest absolute Gasteiger partial charge is 0.326 e. The van der Waals surface area contributed by atoms with Crippen LogP contribution in [0.4, 0.5) is 11.6 Å². The summed E-state index contributed by atoms with van der Waals surface area (Å²) in [6.07, 6.45) is 3.69. The highest BCUT2D eigenvalue weighted by atomic mass is 16.1. The number of aryl methyl sites for hydroxylation is 1. The predicted molar refractivity (Wildman–Crippen MR) is 102 cm³/mol. The van der Waals surface area contributed by atoms with Gasteiger partial charge in [0.15, 0.2) is 0 Å². The number of aromatic nitrogens is 3. The Bertz CT molecular complexity index is 970. The van der Waals surface area contributed by atoms with Crippen LogP contribution in [0, 0.1) is 6.92 Å². The van der Waals surface area contributed by atoms with Gasteiger partial charge in [-0.25, -0.2) is 4.68 Å². The molecule has 0 radical (unpaired) electrons. The zero-order chi connectivity index (χ0) is 18.1. The summed E-state index contributed by atoms with van der Waals surface area (Å²) in [6.45, 7) is 3.57. The van der Waals surface area contributed by atoms with Crippen molar-refractivity contribution in [3.8, 4) is 0 Å². The number of benzene rings is 2. The molecule has 3 aromatic rings. The standard InChI is InChI=1S/C20H19N5O/c1-13-3-5-15(6-4-13)18-11-19(25-20(24-18)21-12-22-25)16-7-9-17(10-8-16)23-14(2)26/h3-12,19H,1-2H3,(H,23,26)(H,21,22,24). The van der Waals surface area contributed by atoms with E-state index in [4.69, 9.17) is 0 Å². The lowest BCUT2D eigenvalue weighted by Crippen LogP contribution is -2.20. The Morgan fingerprint density at radius 1 is 1.12 bits per heavy atom.